The zero-order chi connectivity index (χ0) is 21.2. The average Bonchev–Trinajstić information content (AvgIpc) is 2.77. The van der Waals surface area contributed by atoms with E-state index < -0.39 is 0 Å². The van der Waals surface area contributed by atoms with Gasteiger partial charge in [-0.1, -0.05) is 31.2 Å². The molecule has 1 atom stereocenters. The molecule has 1 N–H and O–H groups in total. The Hall–Kier alpha value is -2.16. The Morgan fingerprint density at radius 2 is 1.67 bits per heavy atom. The average molecular weight is 527 g/mol. The third-order valence-corrected chi connectivity index (χ3v) is 4.99. The summed E-state index contributed by atoms with van der Waals surface area (Å²) in [5.41, 5.74) is 2.37. The Bertz CT molecular complexity index is 814. The topological polar surface area (TPSA) is 55.3 Å². The zero-order valence-corrected chi connectivity index (χ0v) is 21.1. The van der Waals surface area contributed by atoms with Gasteiger partial charge >= 0.3 is 0 Å². The van der Waals surface area contributed by atoms with E-state index >= 15 is 0 Å². The van der Waals surface area contributed by atoms with Gasteiger partial charge in [0.15, 0.2) is 17.5 Å². The minimum Gasteiger partial charge on any atom is -0.496 e. The molecule has 0 aliphatic rings. The number of halogens is 1. The van der Waals surface area contributed by atoms with Crippen molar-refractivity contribution in [3.63, 3.8) is 0 Å². The van der Waals surface area contributed by atoms with Crippen LogP contribution in [-0.4, -0.2) is 59.4 Å². The summed E-state index contributed by atoms with van der Waals surface area (Å²) in [6, 6.07) is 14.2. The first-order chi connectivity index (χ1) is 14.0. The van der Waals surface area contributed by atoms with Gasteiger partial charge in [-0.3, -0.25) is 4.99 Å². The van der Waals surface area contributed by atoms with Crippen molar-refractivity contribution in [1.82, 2.24) is 10.2 Å². The fraction of sp³-hybridized carbons (Fsp3) is 0.435. The molecule has 2 aromatic carbocycles. The van der Waals surface area contributed by atoms with Gasteiger partial charge in [0.25, 0.3) is 0 Å². The maximum Gasteiger partial charge on any atom is 0.193 e. The van der Waals surface area contributed by atoms with E-state index in [-0.39, 0.29) is 24.0 Å². The highest BCUT2D eigenvalue weighted by Crippen LogP contribution is 2.28. The molecule has 1 unspecified atom stereocenters. The van der Waals surface area contributed by atoms with E-state index in [1.807, 2.05) is 44.4 Å². The lowest BCUT2D eigenvalue weighted by Crippen LogP contribution is -2.41. The highest BCUT2D eigenvalue weighted by atomic mass is 127. The molecule has 0 aromatic heterocycles. The largest absolute Gasteiger partial charge is 0.496 e. The van der Waals surface area contributed by atoms with E-state index in [4.69, 9.17) is 14.2 Å². The van der Waals surface area contributed by atoms with Crippen LogP contribution < -0.4 is 19.5 Å². The Kier molecular flexibility index (Phi) is 11.4. The normalized spacial score (nSPS) is 11.9. The number of rotatable bonds is 9. The van der Waals surface area contributed by atoms with E-state index in [1.165, 1.54) is 11.1 Å². The lowest BCUT2D eigenvalue weighted by molar-refractivity contribution is 0.354. The van der Waals surface area contributed by atoms with E-state index in [2.05, 4.69) is 34.3 Å². The fourth-order valence-electron chi connectivity index (χ4n) is 3.25. The van der Waals surface area contributed by atoms with E-state index in [0.717, 1.165) is 42.7 Å². The summed E-state index contributed by atoms with van der Waals surface area (Å²) >= 11 is 0. The minimum absolute atomic E-state index is 0. The molecule has 7 heteroatoms. The lowest BCUT2D eigenvalue weighted by Gasteiger charge is -2.24. The second-order valence-corrected chi connectivity index (χ2v) is 6.93. The summed E-state index contributed by atoms with van der Waals surface area (Å²) in [6.07, 6.45) is 0.875. The number of hydrogen-bond acceptors (Lipinski definition) is 4. The summed E-state index contributed by atoms with van der Waals surface area (Å²) in [4.78, 5) is 6.56. The number of nitrogens with zero attached hydrogens (tertiary/aromatic N) is 2. The van der Waals surface area contributed by atoms with Crippen molar-refractivity contribution in [3.05, 3.63) is 53.6 Å². The third kappa shape index (κ3) is 6.97. The molecule has 2 rings (SSSR count). The van der Waals surface area contributed by atoms with Gasteiger partial charge in [-0.2, -0.15) is 0 Å². The molecule has 0 aliphatic heterocycles. The van der Waals surface area contributed by atoms with Crippen LogP contribution in [0.3, 0.4) is 0 Å². The summed E-state index contributed by atoms with van der Waals surface area (Å²) < 4.78 is 16.2. The van der Waals surface area contributed by atoms with Crippen LogP contribution in [0.1, 0.15) is 24.0 Å². The predicted molar refractivity (Wildman–Crippen MR) is 134 cm³/mol. The molecule has 6 nitrogen and oxygen atoms in total. The molecule has 0 saturated carbocycles. The molecule has 0 heterocycles. The number of benzene rings is 2. The van der Waals surface area contributed by atoms with Crippen molar-refractivity contribution in [3.8, 4) is 17.2 Å². The van der Waals surface area contributed by atoms with Gasteiger partial charge in [0.1, 0.15) is 5.75 Å². The molecule has 0 saturated heterocycles. The number of guanidine groups is 1. The molecule has 0 amide bonds. The second kappa shape index (κ2) is 13.2. The van der Waals surface area contributed by atoms with Crippen molar-refractivity contribution >= 4 is 29.9 Å². The first-order valence-electron chi connectivity index (χ1n) is 9.79. The molecule has 2 aromatic rings. The van der Waals surface area contributed by atoms with Crippen molar-refractivity contribution in [1.29, 1.82) is 0 Å². The van der Waals surface area contributed by atoms with E-state index in [1.54, 1.807) is 21.3 Å². The molecule has 166 valence electrons. The highest BCUT2D eigenvalue weighted by molar-refractivity contribution is 14.0. The molecule has 0 radical (unpaired) electrons. The maximum absolute atomic E-state index is 5.48. The number of likely N-dealkylation sites (N-methyl/N-ethyl adjacent to an activating group) is 1. The standard InChI is InChI=1S/C23H33N3O3.HI/c1-17(19-9-7-8-10-20(19)27-4)16-25-23(24-2)26(3)14-13-18-11-12-21(28-5)22(15-18)29-6;/h7-12,15,17H,13-14,16H2,1-6H3,(H,24,25);1H. The summed E-state index contributed by atoms with van der Waals surface area (Å²) in [7, 11) is 8.86. The Labute approximate surface area is 197 Å². The van der Waals surface area contributed by atoms with Crippen LogP contribution in [0, 0.1) is 0 Å². The van der Waals surface area contributed by atoms with E-state index in [0.29, 0.717) is 5.92 Å². The van der Waals surface area contributed by atoms with Crippen molar-refractivity contribution in [2.24, 2.45) is 4.99 Å². The lowest BCUT2D eigenvalue weighted by atomic mass is 10.0. The van der Waals surface area contributed by atoms with Crippen LogP contribution in [-0.2, 0) is 6.42 Å². The van der Waals surface area contributed by atoms with Gasteiger partial charge in [0.2, 0.25) is 0 Å². The first kappa shape index (κ1) is 25.9. The third-order valence-electron chi connectivity index (χ3n) is 4.99. The Morgan fingerprint density at radius 3 is 2.30 bits per heavy atom. The van der Waals surface area contributed by atoms with Crippen molar-refractivity contribution in [2.75, 3.05) is 48.5 Å². The first-order valence-corrected chi connectivity index (χ1v) is 9.79. The van der Waals surface area contributed by atoms with Crippen LogP contribution in [0.15, 0.2) is 47.5 Å². The van der Waals surface area contributed by atoms with Crippen LogP contribution in [0.25, 0.3) is 0 Å². The van der Waals surface area contributed by atoms with Crippen LogP contribution >= 0.6 is 24.0 Å². The number of aliphatic imine (C=N–C) groups is 1. The second-order valence-electron chi connectivity index (χ2n) is 6.93. The van der Waals surface area contributed by atoms with Gasteiger partial charge in [0.05, 0.1) is 21.3 Å². The molecule has 0 fully saturated rings. The fourth-order valence-corrected chi connectivity index (χ4v) is 3.25. The molecule has 0 aliphatic carbocycles. The molecular weight excluding hydrogens is 493 g/mol. The van der Waals surface area contributed by atoms with Gasteiger partial charge in [-0.25, -0.2) is 0 Å². The Morgan fingerprint density at radius 1 is 1.00 bits per heavy atom. The molecule has 0 bridgehead atoms. The van der Waals surface area contributed by atoms with E-state index in [9.17, 15) is 0 Å². The van der Waals surface area contributed by atoms with Crippen LogP contribution in [0.2, 0.25) is 0 Å². The smallest absolute Gasteiger partial charge is 0.193 e. The van der Waals surface area contributed by atoms with Crippen molar-refractivity contribution < 1.29 is 14.2 Å². The summed E-state index contributed by atoms with van der Waals surface area (Å²) in [6.45, 7) is 3.79. The molecular formula is C23H34IN3O3. The highest BCUT2D eigenvalue weighted by Gasteiger charge is 2.13. The van der Waals surface area contributed by atoms with Gasteiger partial charge in [-0.05, 0) is 35.7 Å². The number of ether oxygens (including phenoxy) is 3. The summed E-state index contributed by atoms with van der Waals surface area (Å²) in [5, 5.41) is 3.47. The molecule has 30 heavy (non-hydrogen) atoms. The number of para-hydroxylation sites is 1. The van der Waals surface area contributed by atoms with Gasteiger partial charge < -0.3 is 24.4 Å². The number of nitrogens with one attached hydrogen (secondary N) is 1. The Balaban J connectivity index is 0.00000450. The van der Waals surface area contributed by atoms with Crippen LogP contribution in [0.4, 0.5) is 0 Å². The predicted octanol–water partition coefficient (Wildman–Crippen LogP) is 4.18. The summed E-state index contributed by atoms with van der Waals surface area (Å²) in [5.74, 6) is 3.57. The molecule has 0 spiro atoms. The number of hydrogen-bond donors (Lipinski definition) is 1. The quantitative estimate of drug-likeness (QED) is 0.301. The minimum atomic E-state index is 0. The van der Waals surface area contributed by atoms with Crippen LogP contribution in [0.5, 0.6) is 17.2 Å². The van der Waals surface area contributed by atoms with Crippen molar-refractivity contribution in [2.45, 2.75) is 19.3 Å². The zero-order valence-electron chi connectivity index (χ0n) is 18.8. The van der Waals surface area contributed by atoms with Gasteiger partial charge in [-0.15, -0.1) is 24.0 Å². The monoisotopic (exact) mass is 527 g/mol. The number of methoxy groups -OCH3 is 3. The maximum atomic E-state index is 5.48. The SMILES string of the molecule is CN=C(NCC(C)c1ccccc1OC)N(C)CCc1ccc(OC)c(OC)c1.I. The van der Waals surface area contributed by atoms with Gasteiger partial charge in [0, 0.05) is 33.1 Å².